The molecule has 0 N–H and O–H groups in total. The first-order valence-electron chi connectivity index (χ1n) is 9.08. The number of ether oxygens (including phenoxy) is 1. The second kappa shape index (κ2) is 8.12. The van der Waals surface area contributed by atoms with Crippen LogP contribution in [-0.2, 0) is 9.31 Å². The third-order valence-electron chi connectivity index (χ3n) is 5.05. The lowest BCUT2D eigenvalue weighted by atomic mass is 9.79. The Morgan fingerprint density at radius 2 is 1.64 bits per heavy atom. The average Bonchev–Trinajstić information content (AvgIpc) is 2.87. The number of hydrogen-bond donors (Lipinski definition) is 0. The Morgan fingerprint density at radius 1 is 1.07 bits per heavy atom. The quantitative estimate of drug-likeness (QED) is 0.467. The van der Waals surface area contributed by atoms with Crippen molar-refractivity contribution in [3.05, 3.63) is 78.1 Å². The van der Waals surface area contributed by atoms with Crippen LogP contribution in [0.1, 0.15) is 27.2 Å². The molecule has 0 aromatic heterocycles. The molecule has 3 rings (SSSR count). The summed E-state index contributed by atoms with van der Waals surface area (Å²) in [5, 5.41) is 0.480. The second-order valence-corrected chi connectivity index (χ2v) is 7.97. The molecule has 146 valence electrons. The Balaban J connectivity index is 1.70. The highest BCUT2D eigenvalue weighted by atomic mass is 35.5. The van der Waals surface area contributed by atoms with Gasteiger partial charge in [-0.3, -0.25) is 0 Å². The van der Waals surface area contributed by atoms with Crippen molar-refractivity contribution >= 4 is 24.2 Å². The molecule has 1 aliphatic heterocycles. The van der Waals surface area contributed by atoms with E-state index >= 15 is 0 Å². The largest absolute Gasteiger partial charge is 0.494 e. The Hall–Kier alpha value is -2.08. The molecule has 1 unspecified atom stereocenters. The fraction of sp³-hybridized carbons (Fsp3) is 0.273. The van der Waals surface area contributed by atoms with Gasteiger partial charge in [-0.1, -0.05) is 36.4 Å². The molecule has 3 nitrogen and oxygen atoms in total. The zero-order chi connectivity index (χ0) is 20.4. The van der Waals surface area contributed by atoms with Crippen molar-refractivity contribution in [1.82, 2.24) is 0 Å². The summed E-state index contributed by atoms with van der Waals surface area (Å²) in [5.41, 5.74) is -0.100. The van der Waals surface area contributed by atoms with E-state index in [4.69, 9.17) is 25.6 Å². The van der Waals surface area contributed by atoms with Crippen molar-refractivity contribution in [3.63, 3.8) is 0 Å². The van der Waals surface area contributed by atoms with Crippen LogP contribution < -0.4 is 10.2 Å². The molecule has 0 aliphatic carbocycles. The van der Waals surface area contributed by atoms with Gasteiger partial charge in [-0.05, 0) is 75.1 Å². The Morgan fingerprint density at radius 3 is 2.21 bits per heavy atom. The predicted molar refractivity (Wildman–Crippen MR) is 112 cm³/mol. The summed E-state index contributed by atoms with van der Waals surface area (Å²) in [6.07, 6.45) is 4.36. The number of halogens is 2. The van der Waals surface area contributed by atoms with E-state index in [9.17, 15) is 4.39 Å². The SMILES string of the molecule is C=C(Cl)C=CCC1(C)OB(c2ccc(Oc3ccc(F)cc3)cc2)OC1(C)C. The Kier molecular flexibility index (Phi) is 5.99. The number of benzene rings is 2. The van der Waals surface area contributed by atoms with Crippen LogP contribution in [0.2, 0.25) is 0 Å². The van der Waals surface area contributed by atoms with Crippen LogP contribution in [-0.4, -0.2) is 18.3 Å². The van der Waals surface area contributed by atoms with Crippen LogP contribution in [0.5, 0.6) is 11.5 Å². The van der Waals surface area contributed by atoms with Gasteiger partial charge in [0.1, 0.15) is 17.3 Å². The summed E-state index contributed by atoms with van der Waals surface area (Å²) >= 11 is 5.80. The zero-order valence-corrected chi connectivity index (χ0v) is 17.0. The smallest absolute Gasteiger partial charge is 0.457 e. The van der Waals surface area contributed by atoms with E-state index < -0.39 is 18.3 Å². The molecule has 0 amide bonds. The van der Waals surface area contributed by atoms with Crippen molar-refractivity contribution in [2.75, 3.05) is 0 Å². The summed E-state index contributed by atoms with van der Waals surface area (Å²) in [6.45, 7) is 9.72. The van der Waals surface area contributed by atoms with Crippen molar-refractivity contribution < 1.29 is 18.4 Å². The summed E-state index contributed by atoms with van der Waals surface area (Å²) in [6, 6.07) is 13.4. The molecule has 0 bridgehead atoms. The minimum atomic E-state index is -0.510. The molecular formula is C22H23BClFO3. The van der Waals surface area contributed by atoms with Gasteiger partial charge in [0, 0.05) is 5.03 Å². The van der Waals surface area contributed by atoms with Crippen molar-refractivity contribution in [3.8, 4) is 11.5 Å². The molecule has 0 radical (unpaired) electrons. The molecule has 1 heterocycles. The average molecular weight is 401 g/mol. The normalized spacial score (nSPS) is 21.2. The molecule has 2 aromatic carbocycles. The van der Waals surface area contributed by atoms with E-state index in [0.717, 1.165) is 5.46 Å². The van der Waals surface area contributed by atoms with Crippen LogP contribution in [0, 0.1) is 5.82 Å². The summed E-state index contributed by atoms with van der Waals surface area (Å²) in [5.74, 6) is 0.928. The summed E-state index contributed by atoms with van der Waals surface area (Å²) in [7, 11) is -0.479. The highest BCUT2D eigenvalue weighted by Crippen LogP contribution is 2.40. The number of rotatable bonds is 6. The highest BCUT2D eigenvalue weighted by Gasteiger charge is 2.53. The fourth-order valence-electron chi connectivity index (χ4n) is 2.97. The van der Waals surface area contributed by atoms with Crippen LogP contribution in [0.4, 0.5) is 4.39 Å². The molecule has 6 heteroatoms. The fourth-order valence-corrected chi connectivity index (χ4v) is 3.06. The monoisotopic (exact) mass is 400 g/mol. The van der Waals surface area contributed by atoms with E-state index in [-0.39, 0.29) is 5.82 Å². The molecule has 0 spiro atoms. The van der Waals surface area contributed by atoms with E-state index in [2.05, 4.69) is 6.58 Å². The van der Waals surface area contributed by atoms with Gasteiger partial charge in [0.25, 0.3) is 0 Å². The standard InChI is InChI=1S/C22H23BClFO3/c1-16(24)6-5-15-22(4)21(2,3)27-23(28-22)17-7-11-19(12-8-17)26-20-13-9-18(25)10-14-20/h5-14H,1,15H2,2-4H3. The second-order valence-electron chi connectivity index (χ2n) is 7.49. The van der Waals surface area contributed by atoms with Crippen LogP contribution in [0.25, 0.3) is 0 Å². The topological polar surface area (TPSA) is 27.7 Å². The van der Waals surface area contributed by atoms with E-state index in [1.807, 2.05) is 51.1 Å². The molecule has 1 atom stereocenters. The predicted octanol–water partition coefficient (Wildman–Crippen LogP) is 5.60. The first-order valence-corrected chi connectivity index (χ1v) is 9.46. The molecule has 1 saturated heterocycles. The maximum absolute atomic E-state index is 13.0. The first-order chi connectivity index (χ1) is 13.2. The van der Waals surface area contributed by atoms with Gasteiger partial charge in [-0.15, -0.1) is 0 Å². The van der Waals surface area contributed by atoms with Gasteiger partial charge in [0.15, 0.2) is 0 Å². The summed E-state index contributed by atoms with van der Waals surface area (Å²) < 4.78 is 31.2. The van der Waals surface area contributed by atoms with Gasteiger partial charge in [0.2, 0.25) is 0 Å². The van der Waals surface area contributed by atoms with Crippen molar-refractivity contribution in [2.24, 2.45) is 0 Å². The van der Waals surface area contributed by atoms with Gasteiger partial charge in [0.05, 0.1) is 11.2 Å². The lowest BCUT2D eigenvalue weighted by Crippen LogP contribution is -2.44. The maximum atomic E-state index is 13.0. The molecule has 2 aromatic rings. The minimum Gasteiger partial charge on any atom is -0.457 e. The van der Waals surface area contributed by atoms with Gasteiger partial charge in [-0.25, -0.2) is 4.39 Å². The van der Waals surface area contributed by atoms with Gasteiger partial charge >= 0.3 is 7.12 Å². The van der Waals surface area contributed by atoms with Crippen LogP contribution in [0.15, 0.2) is 72.3 Å². The molecule has 1 fully saturated rings. The lowest BCUT2D eigenvalue weighted by Gasteiger charge is -2.35. The molecule has 1 aliphatic rings. The Labute approximate surface area is 170 Å². The van der Waals surface area contributed by atoms with Crippen LogP contribution >= 0.6 is 11.6 Å². The van der Waals surface area contributed by atoms with Gasteiger partial charge < -0.3 is 14.0 Å². The lowest BCUT2D eigenvalue weighted by molar-refractivity contribution is -0.00674. The van der Waals surface area contributed by atoms with E-state index in [1.165, 1.54) is 12.1 Å². The van der Waals surface area contributed by atoms with Crippen molar-refractivity contribution in [1.29, 1.82) is 0 Å². The zero-order valence-electron chi connectivity index (χ0n) is 16.2. The first kappa shape index (κ1) is 20.7. The van der Waals surface area contributed by atoms with Crippen LogP contribution in [0.3, 0.4) is 0 Å². The summed E-state index contributed by atoms with van der Waals surface area (Å²) in [4.78, 5) is 0. The third kappa shape index (κ3) is 4.66. The minimum absolute atomic E-state index is 0.297. The Bertz CT molecular complexity index is 864. The highest BCUT2D eigenvalue weighted by molar-refractivity contribution is 6.62. The molecule has 0 saturated carbocycles. The van der Waals surface area contributed by atoms with Gasteiger partial charge in [-0.2, -0.15) is 0 Å². The third-order valence-corrected chi connectivity index (χ3v) is 5.18. The maximum Gasteiger partial charge on any atom is 0.494 e. The number of hydrogen-bond acceptors (Lipinski definition) is 3. The molecule has 28 heavy (non-hydrogen) atoms. The number of allylic oxidation sites excluding steroid dienone is 2. The van der Waals surface area contributed by atoms with Crippen molar-refractivity contribution in [2.45, 2.75) is 38.4 Å². The van der Waals surface area contributed by atoms with E-state index in [0.29, 0.717) is 23.0 Å². The van der Waals surface area contributed by atoms with E-state index in [1.54, 1.807) is 18.2 Å². The molecular weight excluding hydrogens is 378 g/mol.